The number of benzene rings is 3. The van der Waals surface area contributed by atoms with E-state index in [2.05, 4.69) is 5.43 Å². The predicted octanol–water partition coefficient (Wildman–Crippen LogP) is 3.25. The number of hydrogen-bond acceptors (Lipinski definition) is 6. The summed E-state index contributed by atoms with van der Waals surface area (Å²) in [7, 11) is -2.34. The third kappa shape index (κ3) is 4.09. The highest BCUT2D eigenvalue weighted by molar-refractivity contribution is 8.01. The van der Waals surface area contributed by atoms with Crippen LogP contribution in [0, 0.1) is 0 Å². The number of ether oxygens (including phenoxy) is 1. The van der Waals surface area contributed by atoms with Crippen molar-refractivity contribution in [1.82, 2.24) is 9.73 Å². The largest absolute Gasteiger partial charge is 0.497 e. The van der Waals surface area contributed by atoms with Crippen LogP contribution in [0.4, 0.5) is 0 Å². The van der Waals surface area contributed by atoms with Gasteiger partial charge in [-0.1, -0.05) is 42.5 Å². The minimum atomic E-state index is -3.93. The minimum Gasteiger partial charge on any atom is -0.497 e. The molecule has 0 saturated carbocycles. The zero-order valence-electron chi connectivity index (χ0n) is 17.7. The smallest absolute Gasteiger partial charge is 0.265 e. The second-order valence-corrected chi connectivity index (χ2v) is 10.7. The van der Waals surface area contributed by atoms with Gasteiger partial charge in [0.05, 0.1) is 12.0 Å². The van der Waals surface area contributed by atoms with E-state index in [1.165, 1.54) is 16.1 Å². The van der Waals surface area contributed by atoms with E-state index in [9.17, 15) is 13.2 Å². The molecule has 0 radical (unpaired) electrons. The van der Waals surface area contributed by atoms with Crippen LogP contribution in [0.3, 0.4) is 0 Å². The van der Waals surface area contributed by atoms with Crippen molar-refractivity contribution in [3.8, 4) is 5.75 Å². The lowest BCUT2D eigenvalue weighted by atomic mass is 10.1. The van der Waals surface area contributed by atoms with Gasteiger partial charge >= 0.3 is 0 Å². The summed E-state index contributed by atoms with van der Waals surface area (Å²) in [6.07, 6.45) is 0.944. The number of carbonyl (C=O) groups is 1. The highest BCUT2D eigenvalue weighted by Gasteiger charge is 2.53. The molecule has 0 aromatic heterocycles. The molecule has 1 aliphatic heterocycles. The topological polar surface area (TPSA) is 102 Å². The molecule has 7 nitrogen and oxygen atoms in total. The first-order valence-corrected chi connectivity index (χ1v) is 12.6. The molecule has 1 saturated heterocycles. The standard InChI is InChI=1S/C23H25N3O4S2/c1-30-20-10-7-17(8-11-20)16-31-23(22(27)25-24)13-4-14-26(23)32(28,29)21-12-9-18-5-2-3-6-19(18)15-21/h2-3,5-12,15H,4,13-14,16,24H2,1H3,(H,25,27). The van der Waals surface area contributed by atoms with Gasteiger partial charge in [-0.3, -0.25) is 10.2 Å². The van der Waals surface area contributed by atoms with Gasteiger partial charge in [0.15, 0.2) is 4.87 Å². The van der Waals surface area contributed by atoms with E-state index in [-0.39, 0.29) is 11.4 Å². The molecule has 168 valence electrons. The van der Waals surface area contributed by atoms with Crippen LogP contribution >= 0.6 is 11.8 Å². The molecule has 1 unspecified atom stereocenters. The Morgan fingerprint density at radius 3 is 2.53 bits per heavy atom. The quantitative estimate of drug-likeness (QED) is 0.312. The summed E-state index contributed by atoms with van der Waals surface area (Å²) in [5.74, 6) is 6.17. The van der Waals surface area contributed by atoms with Crippen molar-refractivity contribution < 1.29 is 17.9 Å². The summed E-state index contributed by atoms with van der Waals surface area (Å²) in [6.45, 7) is 0.248. The molecule has 9 heteroatoms. The number of nitrogens with one attached hydrogen (secondary N) is 1. The van der Waals surface area contributed by atoms with Crippen LogP contribution < -0.4 is 16.0 Å². The number of hydrazine groups is 1. The zero-order chi connectivity index (χ0) is 22.8. The summed E-state index contributed by atoms with van der Waals surface area (Å²) in [4.78, 5) is 11.8. The lowest BCUT2D eigenvalue weighted by Crippen LogP contribution is -2.56. The van der Waals surface area contributed by atoms with Gasteiger partial charge in [-0.15, -0.1) is 11.8 Å². The Kier molecular flexibility index (Phi) is 6.43. The van der Waals surface area contributed by atoms with E-state index in [0.717, 1.165) is 22.1 Å². The number of sulfonamides is 1. The van der Waals surface area contributed by atoms with Crippen molar-refractivity contribution in [1.29, 1.82) is 0 Å². The van der Waals surface area contributed by atoms with Crippen LogP contribution in [0.5, 0.6) is 5.75 Å². The number of thioether (sulfide) groups is 1. The Balaban J connectivity index is 1.68. The summed E-state index contributed by atoms with van der Waals surface area (Å²) in [5.41, 5.74) is 3.15. The number of amides is 1. The van der Waals surface area contributed by atoms with Crippen LogP contribution in [-0.2, 0) is 20.6 Å². The maximum atomic E-state index is 13.7. The van der Waals surface area contributed by atoms with Crippen molar-refractivity contribution in [2.24, 2.45) is 5.84 Å². The van der Waals surface area contributed by atoms with Crippen molar-refractivity contribution >= 4 is 38.5 Å². The van der Waals surface area contributed by atoms with E-state index >= 15 is 0 Å². The first-order valence-electron chi connectivity index (χ1n) is 10.2. The molecule has 1 aliphatic rings. The second kappa shape index (κ2) is 9.11. The average molecular weight is 472 g/mol. The number of fused-ring (bicyclic) bond motifs is 1. The fourth-order valence-electron chi connectivity index (χ4n) is 4.01. The molecule has 3 N–H and O–H groups in total. The highest BCUT2D eigenvalue weighted by Crippen LogP contribution is 2.44. The zero-order valence-corrected chi connectivity index (χ0v) is 19.3. The first kappa shape index (κ1) is 22.6. The van der Waals surface area contributed by atoms with Crippen molar-refractivity contribution in [2.75, 3.05) is 13.7 Å². The van der Waals surface area contributed by atoms with Gasteiger partial charge < -0.3 is 4.74 Å². The normalized spacial score (nSPS) is 19.2. The Labute approximate surface area is 191 Å². The first-order chi connectivity index (χ1) is 15.4. The van der Waals surface area contributed by atoms with Crippen LogP contribution in [0.1, 0.15) is 18.4 Å². The van der Waals surface area contributed by atoms with Crippen LogP contribution in [-0.4, -0.2) is 37.2 Å². The average Bonchev–Trinajstić information content (AvgIpc) is 3.28. The fourth-order valence-corrected chi connectivity index (χ4v) is 7.48. The Morgan fingerprint density at radius 1 is 1.12 bits per heavy atom. The second-order valence-electron chi connectivity index (χ2n) is 7.58. The van der Waals surface area contributed by atoms with Gasteiger partial charge in [-0.05, 0) is 53.4 Å². The molecule has 0 aliphatic carbocycles. The number of nitrogens with zero attached hydrogens (tertiary/aromatic N) is 1. The molecule has 0 bridgehead atoms. The monoisotopic (exact) mass is 471 g/mol. The number of methoxy groups -OCH3 is 1. The molecule has 0 spiro atoms. The number of hydrogen-bond donors (Lipinski definition) is 2. The maximum absolute atomic E-state index is 13.7. The SMILES string of the molecule is COc1ccc(CSC2(C(=O)NN)CCCN2S(=O)(=O)c2ccc3ccccc3c2)cc1. The Hall–Kier alpha value is -2.59. The molecule has 3 aromatic carbocycles. The van der Waals surface area contributed by atoms with Crippen LogP contribution in [0.15, 0.2) is 71.6 Å². The van der Waals surface area contributed by atoms with Gasteiger partial charge in [-0.2, -0.15) is 4.31 Å². The van der Waals surface area contributed by atoms with E-state index in [1.807, 2.05) is 48.5 Å². The number of nitrogens with two attached hydrogens (primary N) is 1. The van der Waals surface area contributed by atoms with Crippen LogP contribution in [0.2, 0.25) is 0 Å². The Morgan fingerprint density at radius 2 is 1.84 bits per heavy atom. The number of carbonyl (C=O) groups excluding carboxylic acids is 1. The van der Waals surface area contributed by atoms with E-state index in [1.54, 1.807) is 25.3 Å². The van der Waals surface area contributed by atoms with Gasteiger partial charge in [0.25, 0.3) is 5.91 Å². The third-order valence-corrected chi connectivity index (χ3v) is 9.32. The van der Waals surface area contributed by atoms with Gasteiger partial charge in [0, 0.05) is 12.3 Å². The van der Waals surface area contributed by atoms with Gasteiger partial charge in [-0.25, -0.2) is 14.3 Å². The number of rotatable bonds is 7. The lowest BCUT2D eigenvalue weighted by molar-refractivity contribution is -0.125. The fraction of sp³-hybridized carbons (Fsp3) is 0.261. The lowest BCUT2D eigenvalue weighted by Gasteiger charge is -2.35. The third-order valence-electron chi connectivity index (χ3n) is 5.71. The summed E-state index contributed by atoms with van der Waals surface area (Å²) in [5, 5.41) is 1.78. The Bertz CT molecular complexity index is 1230. The summed E-state index contributed by atoms with van der Waals surface area (Å²) >= 11 is 1.28. The molecule has 32 heavy (non-hydrogen) atoms. The summed E-state index contributed by atoms with van der Waals surface area (Å²) in [6, 6.07) is 20.1. The van der Waals surface area contributed by atoms with Gasteiger partial charge in [0.1, 0.15) is 5.75 Å². The molecular formula is C23H25N3O4S2. The maximum Gasteiger partial charge on any atom is 0.265 e. The highest BCUT2D eigenvalue weighted by atomic mass is 32.2. The minimum absolute atomic E-state index is 0.164. The van der Waals surface area contributed by atoms with Gasteiger partial charge in [0.2, 0.25) is 10.0 Å². The predicted molar refractivity (Wildman–Crippen MR) is 126 cm³/mol. The molecule has 4 rings (SSSR count). The van der Waals surface area contributed by atoms with E-state index in [0.29, 0.717) is 18.6 Å². The molecule has 1 amide bonds. The molecule has 1 heterocycles. The van der Waals surface area contributed by atoms with Crippen LogP contribution in [0.25, 0.3) is 10.8 Å². The van der Waals surface area contributed by atoms with E-state index in [4.69, 9.17) is 10.6 Å². The van der Waals surface area contributed by atoms with Crippen molar-refractivity contribution in [3.63, 3.8) is 0 Å². The molecular weight excluding hydrogens is 446 g/mol. The van der Waals surface area contributed by atoms with E-state index < -0.39 is 20.8 Å². The molecule has 1 atom stereocenters. The molecule has 3 aromatic rings. The van der Waals surface area contributed by atoms with Crippen molar-refractivity contribution in [2.45, 2.75) is 28.4 Å². The van der Waals surface area contributed by atoms with Crippen molar-refractivity contribution in [3.05, 3.63) is 72.3 Å². The molecule has 1 fully saturated rings. The summed E-state index contributed by atoms with van der Waals surface area (Å²) < 4.78 is 33.9.